The van der Waals surface area contributed by atoms with Crippen molar-refractivity contribution in [2.24, 2.45) is 17.1 Å². The summed E-state index contributed by atoms with van der Waals surface area (Å²) in [6.45, 7) is 5.65. The highest BCUT2D eigenvalue weighted by atomic mass is 15.1. The molecule has 0 spiro atoms. The minimum absolute atomic E-state index is 0.0178. The van der Waals surface area contributed by atoms with Gasteiger partial charge in [0.25, 0.3) is 0 Å². The molecule has 0 aromatic rings. The van der Waals surface area contributed by atoms with Crippen LogP contribution in [0.25, 0.3) is 0 Å². The maximum absolute atomic E-state index is 7.59. The second-order valence-electron chi connectivity index (χ2n) is 5.55. The van der Waals surface area contributed by atoms with Gasteiger partial charge in [0.05, 0.1) is 5.84 Å². The zero-order chi connectivity index (χ0) is 10.9. The van der Waals surface area contributed by atoms with E-state index in [1.165, 1.54) is 25.8 Å². The Kier molecular flexibility index (Phi) is 3.01. The quantitative estimate of drug-likeness (QED) is 0.548. The number of likely N-dealkylation sites (tertiary alicyclic amines) is 1. The van der Waals surface area contributed by atoms with Crippen LogP contribution in [0.4, 0.5) is 0 Å². The van der Waals surface area contributed by atoms with E-state index in [-0.39, 0.29) is 5.41 Å². The number of amidine groups is 1. The molecule has 0 amide bonds. The first-order chi connectivity index (χ1) is 7.10. The molecule has 2 fully saturated rings. The maximum atomic E-state index is 7.59. The molecule has 86 valence electrons. The van der Waals surface area contributed by atoms with Crippen LogP contribution < -0.4 is 5.73 Å². The number of nitrogens with one attached hydrogen (secondary N) is 1. The number of nitrogens with two attached hydrogens (primary N) is 1. The molecule has 3 N–H and O–H groups in total. The lowest BCUT2D eigenvalue weighted by Gasteiger charge is -2.38. The van der Waals surface area contributed by atoms with Crippen molar-refractivity contribution < 1.29 is 0 Å². The van der Waals surface area contributed by atoms with Crippen LogP contribution in [0, 0.1) is 16.7 Å². The van der Waals surface area contributed by atoms with Crippen molar-refractivity contribution in [3.05, 3.63) is 0 Å². The van der Waals surface area contributed by atoms with Crippen LogP contribution in [0.1, 0.15) is 39.0 Å². The van der Waals surface area contributed by atoms with Crippen LogP contribution in [-0.2, 0) is 0 Å². The molecule has 3 heteroatoms. The molecule has 0 radical (unpaired) electrons. The van der Waals surface area contributed by atoms with E-state index in [0.717, 1.165) is 31.8 Å². The van der Waals surface area contributed by atoms with Crippen molar-refractivity contribution in [2.75, 3.05) is 19.6 Å². The van der Waals surface area contributed by atoms with E-state index < -0.39 is 0 Å². The Morgan fingerprint density at radius 2 is 2.00 bits per heavy atom. The lowest BCUT2D eigenvalue weighted by molar-refractivity contribution is 0.159. The third-order valence-corrected chi connectivity index (χ3v) is 4.16. The maximum Gasteiger partial charge on any atom is 0.0966 e. The van der Waals surface area contributed by atoms with Gasteiger partial charge in [-0.3, -0.25) is 5.41 Å². The number of hydrogen-bond acceptors (Lipinski definition) is 2. The zero-order valence-corrected chi connectivity index (χ0v) is 9.76. The summed E-state index contributed by atoms with van der Waals surface area (Å²) in [4.78, 5) is 2.54. The van der Waals surface area contributed by atoms with Gasteiger partial charge in [-0.2, -0.15) is 0 Å². The molecule has 3 nitrogen and oxygen atoms in total. The van der Waals surface area contributed by atoms with Gasteiger partial charge in [-0.15, -0.1) is 0 Å². The Balaban J connectivity index is 1.73. The second kappa shape index (κ2) is 4.12. The molecule has 1 aliphatic carbocycles. The van der Waals surface area contributed by atoms with Gasteiger partial charge in [0.15, 0.2) is 0 Å². The van der Waals surface area contributed by atoms with Gasteiger partial charge in [0, 0.05) is 5.41 Å². The fourth-order valence-corrected chi connectivity index (χ4v) is 2.31. The third-order valence-electron chi connectivity index (χ3n) is 4.16. The Bertz CT molecular complexity index is 237. The predicted octanol–water partition coefficient (Wildman–Crippen LogP) is 1.82. The van der Waals surface area contributed by atoms with Crippen molar-refractivity contribution in [3.8, 4) is 0 Å². The summed E-state index contributed by atoms with van der Waals surface area (Å²) in [6.07, 6.45) is 6.43. The van der Waals surface area contributed by atoms with E-state index in [2.05, 4.69) is 11.8 Å². The monoisotopic (exact) mass is 209 g/mol. The van der Waals surface area contributed by atoms with Gasteiger partial charge in [-0.1, -0.05) is 19.8 Å². The van der Waals surface area contributed by atoms with Crippen LogP contribution >= 0.6 is 0 Å². The second-order valence-corrected chi connectivity index (χ2v) is 5.55. The molecule has 1 aliphatic heterocycles. The topological polar surface area (TPSA) is 53.1 Å². The summed E-state index contributed by atoms with van der Waals surface area (Å²) in [5, 5.41) is 7.59. The Labute approximate surface area is 92.5 Å². The average Bonchev–Trinajstić information content (AvgIpc) is 3.00. The highest BCUT2D eigenvalue weighted by Gasteiger charge is 2.33. The number of rotatable bonds is 4. The molecule has 0 aromatic heterocycles. The van der Waals surface area contributed by atoms with E-state index in [4.69, 9.17) is 11.1 Å². The minimum atomic E-state index is -0.0178. The molecule has 0 aromatic carbocycles. The molecule has 2 aliphatic rings. The van der Waals surface area contributed by atoms with Gasteiger partial charge in [0.2, 0.25) is 0 Å². The molecule has 15 heavy (non-hydrogen) atoms. The molecule has 0 atom stereocenters. The van der Waals surface area contributed by atoms with Gasteiger partial charge < -0.3 is 10.6 Å². The molecule has 1 saturated heterocycles. The van der Waals surface area contributed by atoms with Gasteiger partial charge in [-0.25, -0.2) is 0 Å². The molecule has 0 bridgehead atoms. The Morgan fingerprint density at radius 1 is 1.40 bits per heavy atom. The minimum Gasteiger partial charge on any atom is -0.387 e. The normalized spacial score (nSPS) is 26.5. The van der Waals surface area contributed by atoms with Crippen LogP contribution in [0.5, 0.6) is 0 Å². The van der Waals surface area contributed by atoms with Crippen molar-refractivity contribution in [1.29, 1.82) is 5.41 Å². The van der Waals surface area contributed by atoms with Crippen LogP contribution in [0.3, 0.4) is 0 Å². The number of hydrogen-bond donors (Lipinski definition) is 2. The fraction of sp³-hybridized carbons (Fsp3) is 0.917. The first-order valence-corrected chi connectivity index (χ1v) is 6.17. The van der Waals surface area contributed by atoms with E-state index in [9.17, 15) is 0 Å². The van der Waals surface area contributed by atoms with E-state index in [1.54, 1.807) is 0 Å². The molecular weight excluding hydrogens is 186 g/mol. The molecular formula is C12H23N3. The third kappa shape index (κ3) is 2.71. The van der Waals surface area contributed by atoms with Crippen LogP contribution in [0.2, 0.25) is 0 Å². The predicted molar refractivity (Wildman–Crippen MR) is 63.0 cm³/mol. The van der Waals surface area contributed by atoms with Crippen LogP contribution in [-0.4, -0.2) is 30.4 Å². The van der Waals surface area contributed by atoms with Crippen molar-refractivity contribution in [3.63, 3.8) is 0 Å². The smallest absolute Gasteiger partial charge is 0.0966 e. The van der Waals surface area contributed by atoms with Crippen LogP contribution in [0.15, 0.2) is 0 Å². The molecule has 1 heterocycles. The van der Waals surface area contributed by atoms with Crippen molar-refractivity contribution in [1.82, 2.24) is 4.90 Å². The summed E-state index contributed by atoms with van der Waals surface area (Å²) < 4.78 is 0. The highest BCUT2D eigenvalue weighted by Crippen LogP contribution is 2.34. The SMILES string of the molecule is CC1(C(=N)N)CCN(CCC2CC2)CC1. The summed E-state index contributed by atoms with van der Waals surface area (Å²) in [6, 6.07) is 0. The lowest BCUT2D eigenvalue weighted by Crippen LogP contribution is -2.45. The summed E-state index contributed by atoms with van der Waals surface area (Å²) in [5.41, 5.74) is 5.63. The van der Waals surface area contributed by atoms with Crippen molar-refractivity contribution >= 4 is 5.84 Å². The van der Waals surface area contributed by atoms with Crippen molar-refractivity contribution in [2.45, 2.75) is 39.0 Å². The first-order valence-electron chi connectivity index (χ1n) is 6.17. The largest absolute Gasteiger partial charge is 0.387 e. The summed E-state index contributed by atoms with van der Waals surface area (Å²) in [5.74, 6) is 1.41. The molecule has 2 rings (SSSR count). The van der Waals surface area contributed by atoms with E-state index in [1.807, 2.05) is 0 Å². The zero-order valence-electron chi connectivity index (χ0n) is 9.76. The first kappa shape index (κ1) is 10.9. The molecule has 1 saturated carbocycles. The molecule has 0 unspecified atom stereocenters. The Hall–Kier alpha value is -0.570. The highest BCUT2D eigenvalue weighted by molar-refractivity contribution is 5.83. The van der Waals surface area contributed by atoms with Gasteiger partial charge in [-0.05, 0) is 44.8 Å². The lowest BCUT2D eigenvalue weighted by atomic mass is 9.79. The average molecular weight is 209 g/mol. The number of piperidine rings is 1. The van der Waals surface area contributed by atoms with E-state index >= 15 is 0 Å². The Morgan fingerprint density at radius 3 is 2.47 bits per heavy atom. The number of nitrogens with zero attached hydrogens (tertiary/aromatic N) is 1. The standard InChI is InChI=1S/C12H23N3/c1-12(11(13)14)5-8-15(9-6-12)7-4-10-2-3-10/h10H,2-9H2,1H3,(H3,13,14). The fourth-order valence-electron chi connectivity index (χ4n) is 2.31. The van der Waals surface area contributed by atoms with Gasteiger partial charge in [0.1, 0.15) is 0 Å². The summed E-state index contributed by atoms with van der Waals surface area (Å²) in [7, 11) is 0. The van der Waals surface area contributed by atoms with Gasteiger partial charge >= 0.3 is 0 Å². The van der Waals surface area contributed by atoms with E-state index in [0.29, 0.717) is 5.84 Å². The summed E-state index contributed by atoms with van der Waals surface area (Å²) >= 11 is 0.